The van der Waals surface area contributed by atoms with Crippen molar-refractivity contribution >= 4 is 22.6 Å². The lowest BCUT2D eigenvalue weighted by molar-refractivity contribution is 0.101. The third-order valence-electron chi connectivity index (χ3n) is 3.20. The third kappa shape index (κ3) is 1.89. The molecule has 2 aromatic heterocycles. The lowest BCUT2D eigenvalue weighted by atomic mass is 10.2. The molecule has 1 aromatic carbocycles. The highest BCUT2D eigenvalue weighted by Gasteiger charge is 2.20. The quantitative estimate of drug-likeness (QED) is 0.749. The molecule has 0 saturated heterocycles. The van der Waals surface area contributed by atoms with Crippen LogP contribution < -0.4 is 5.32 Å². The summed E-state index contributed by atoms with van der Waals surface area (Å²) < 4.78 is 1.67. The van der Waals surface area contributed by atoms with Gasteiger partial charge in [0.1, 0.15) is 5.82 Å². The molecule has 3 rings (SSSR count). The molecule has 1 amide bonds. The number of nitrogens with one attached hydrogen (secondary N) is 1. The number of fused-ring (bicyclic) bond motifs is 1. The molecule has 5 nitrogen and oxygen atoms in total. The zero-order valence-corrected chi connectivity index (χ0v) is 10.9. The molecule has 20 heavy (non-hydrogen) atoms. The molecule has 0 saturated carbocycles. The minimum Gasteiger partial charge on any atom is -0.505 e. The Labute approximate surface area is 115 Å². The Balaban J connectivity index is 2.04. The molecular formula is C15H13N3O2. The largest absolute Gasteiger partial charge is 0.505 e. The van der Waals surface area contributed by atoms with E-state index in [1.807, 2.05) is 18.2 Å². The van der Waals surface area contributed by atoms with E-state index < -0.39 is 0 Å². The van der Waals surface area contributed by atoms with E-state index in [2.05, 4.69) is 10.3 Å². The van der Waals surface area contributed by atoms with Crippen molar-refractivity contribution in [2.75, 3.05) is 5.32 Å². The first kappa shape index (κ1) is 12.2. The number of carbonyl (C=O) groups is 1. The molecule has 0 unspecified atom stereocenters. The highest BCUT2D eigenvalue weighted by Crippen LogP contribution is 2.31. The van der Waals surface area contributed by atoms with Crippen LogP contribution in [-0.2, 0) is 7.05 Å². The first-order valence-electron chi connectivity index (χ1n) is 6.17. The zero-order chi connectivity index (χ0) is 14.1. The fourth-order valence-corrected chi connectivity index (χ4v) is 2.25. The molecule has 100 valence electrons. The van der Waals surface area contributed by atoms with Crippen LogP contribution >= 0.6 is 0 Å². The Morgan fingerprint density at radius 3 is 2.65 bits per heavy atom. The number of anilines is 1. The van der Waals surface area contributed by atoms with Crippen LogP contribution in [0.5, 0.6) is 5.75 Å². The maximum absolute atomic E-state index is 12.3. The van der Waals surface area contributed by atoms with E-state index in [9.17, 15) is 9.90 Å². The average Bonchev–Trinajstić information content (AvgIpc) is 2.72. The number of carbonyl (C=O) groups excluding carboxylic acids is 1. The van der Waals surface area contributed by atoms with Gasteiger partial charge in [-0.2, -0.15) is 0 Å². The number of hydrogen-bond donors (Lipinski definition) is 2. The van der Waals surface area contributed by atoms with Crippen LogP contribution in [0, 0.1) is 0 Å². The van der Waals surface area contributed by atoms with Crippen LogP contribution in [0.25, 0.3) is 10.9 Å². The summed E-state index contributed by atoms with van der Waals surface area (Å²) in [5, 5.41) is 13.5. The van der Waals surface area contributed by atoms with Gasteiger partial charge in [0.05, 0.1) is 5.52 Å². The number of aromatic hydroxyl groups is 1. The second kappa shape index (κ2) is 4.70. The second-order valence-electron chi connectivity index (χ2n) is 4.44. The van der Waals surface area contributed by atoms with E-state index in [-0.39, 0.29) is 17.4 Å². The summed E-state index contributed by atoms with van der Waals surface area (Å²) in [5.74, 6) is 0.0404. The van der Waals surface area contributed by atoms with E-state index in [1.54, 1.807) is 42.1 Å². The van der Waals surface area contributed by atoms with Crippen molar-refractivity contribution in [1.82, 2.24) is 9.55 Å². The Morgan fingerprint density at radius 1 is 1.20 bits per heavy atom. The number of rotatable bonds is 2. The van der Waals surface area contributed by atoms with Gasteiger partial charge in [-0.15, -0.1) is 0 Å². The van der Waals surface area contributed by atoms with E-state index in [1.165, 1.54) is 0 Å². The topological polar surface area (TPSA) is 67.2 Å². The van der Waals surface area contributed by atoms with Gasteiger partial charge in [0, 0.05) is 18.6 Å². The summed E-state index contributed by atoms with van der Waals surface area (Å²) in [7, 11) is 1.75. The monoisotopic (exact) mass is 267 g/mol. The first-order valence-corrected chi connectivity index (χ1v) is 6.17. The maximum atomic E-state index is 12.3. The predicted octanol–water partition coefficient (Wildman–Crippen LogP) is 2.53. The average molecular weight is 267 g/mol. The lowest BCUT2D eigenvalue weighted by Gasteiger charge is -2.06. The van der Waals surface area contributed by atoms with Crippen molar-refractivity contribution in [2.45, 2.75) is 0 Å². The number of amides is 1. The van der Waals surface area contributed by atoms with Crippen molar-refractivity contribution in [3.63, 3.8) is 0 Å². The summed E-state index contributed by atoms with van der Waals surface area (Å²) in [4.78, 5) is 16.3. The van der Waals surface area contributed by atoms with Gasteiger partial charge in [0.25, 0.3) is 5.91 Å². The zero-order valence-electron chi connectivity index (χ0n) is 10.9. The molecule has 0 radical (unpaired) electrons. The molecule has 0 atom stereocenters. The predicted molar refractivity (Wildman–Crippen MR) is 76.8 cm³/mol. The van der Waals surface area contributed by atoms with Crippen LogP contribution in [0.4, 0.5) is 5.82 Å². The highest BCUT2D eigenvalue weighted by atomic mass is 16.3. The molecular weight excluding hydrogens is 254 g/mol. The number of hydrogen-bond acceptors (Lipinski definition) is 3. The van der Waals surface area contributed by atoms with E-state index >= 15 is 0 Å². The van der Waals surface area contributed by atoms with Gasteiger partial charge in [-0.25, -0.2) is 4.98 Å². The van der Waals surface area contributed by atoms with Crippen LogP contribution in [0.1, 0.15) is 10.5 Å². The van der Waals surface area contributed by atoms with Crippen LogP contribution in [-0.4, -0.2) is 20.6 Å². The van der Waals surface area contributed by atoms with Crippen molar-refractivity contribution in [3.8, 4) is 5.75 Å². The summed E-state index contributed by atoms with van der Waals surface area (Å²) in [6, 6.07) is 12.6. The number of pyridine rings is 1. The second-order valence-corrected chi connectivity index (χ2v) is 4.44. The molecule has 0 bridgehead atoms. The van der Waals surface area contributed by atoms with Crippen molar-refractivity contribution in [1.29, 1.82) is 0 Å². The van der Waals surface area contributed by atoms with Crippen molar-refractivity contribution in [2.24, 2.45) is 7.05 Å². The minimum atomic E-state index is -0.389. The molecule has 5 heteroatoms. The molecule has 0 aliphatic carbocycles. The van der Waals surface area contributed by atoms with Gasteiger partial charge in [0.15, 0.2) is 11.4 Å². The van der Waals surface area contributed by atoms with E-state index in [0.717, 1.165) is 5.52 Å². The third-order valence-corrected chi connectivity index (χ3v) is 3.20. The van der Waals surface area contributed by atoms with Gasteiger partial charge < -0.3 is 15.0 Å². The van der Waals surface area contributed by atoms with Gasteiger partial charge in [0.2, 0.25) is 0 Å². The summed E-state index contributed by atoms with van der Waals surface area (Å²) in [5.41, 5.74) is 1.02. The maximum Gasteiger partial charge on any atom is 0.277 e. The van der Waals surface area contributed by atoms with Gasteiger partial charge in [-0.3, -0.25) is 4.79 Å². The Hall–Kier alpha value is -2.82. The number of nitrogens with zero attached hydrogens (tertiary/aromatic N) is 2. The minimum absolute atomic E-state index is 0.0171. The molecule has 2 N–H and O–H groups in total. The molecule has 0 fully saturated rings. The normalized spacial score (nSPS) is 10.7. The SMILES string of the molecule is Cn1c(C(=O)Nc2ccccn2)c(O)c2ccccc21. The number of aryl methyl sites for hydroxylation is 1. The van der Waals surface area contributed by atoms with E-state index in [4.69, 9.17) is 0 Å². The van der Waals surface area contributed by atoms with Crippen molar-refractivity contribution in [3.05, 3.63) is 54.4 Å². The Morgan fingerprint density at radius 2 is 1.95 bits per heavy atom. The van der Waals surface area contributed by atoms with Gasteiger partial charge in [-0.1, -0.05) is 18.2 Å². The highest BCUT2D eigenvalue weighted by molar-refractivity contribution is 6.09. The molecule has 0 spiro atoms. The van der Waals surface area contributed by atoms with Crippen molar-refractivity contribution < 1.29 is 9.90 Å². The number of aromatic nitrogens is 2. The fraction of sp³-hybridized carbons (Fsp3) is 0.0667. The molecule has 2 heterocycles. The standard InChI is InChI=1S/C15H13N3O2/c1-18-11-7-3-2-6-10(11)14(19)13(18)15(20)17-12-8-4-5-9-16-12/h2-9,19H,1H3,(H,16,17,20). The molecule has 0 aliphatic heterocycles. The molecule has 0 aliphatic rings. The lowest BCUT2D eigenvalue weighted by Crippen LogP contribution is -2.16. The number of benzene rings is 1. The Bertz CT molecular complexity index is 739. The summed E-state index contributed by atoms with van der Waals surface area (Å²) >= 11 is 0. The number of para-hydroxylation sites is 1. The van der Waals surface area contributed by atoms with Crippen LogP contribution in [0.3, 0.4) is 0 Å². The van der Waals surface area contributed by atoms with Gasteiger partial charge >= 0.3 is 0 Å². The fourth-order valence-electron chi connectivity index (χ4n) is 2.25. The summed E-state index contributed by atoms with van der Waals surface area (Å²) in [6.45, 7) is 0. The van der Waals surface area contributed by atoms with E-state index in [0.29, 0.717) is 11.2 Å². The first-order chi connectivity index (χ1) is 9.68. The van der Waals surface area contributed by atoms with Gasteiger partial charge in [-0.05, 0) is 24.3 Å². The van der Waals surface area contributed by atoms with Crippen LogP contribution in [0.2, 0.25) is 0 Å². The smallest absolute Gasteiger partial charge is 0.277 e. The summed E-state index contributed by atoms with van der Waals surface area (Å²) in [6.07, 6.45) is 1.59. The molecule has 3 aromatic rings. The Kier molecular flexibility index (Phi) is 2.87. The van der Waals surface area contributed by atoms with Crippen LogP contribution in [0.15, 0.2) is 48.7 Å².